The number of rotatable bonds is 13. The molecular weight excluding hydrogens is 533 g/mol. The van der Waals surface area contributed by atoms with E-state index in [9.17, 15) is 22.4 Å². The first-order chi connectivity index (χ1) is 19.1. The first-order valence-electron chi connectivity index (χ1n) is 13.2. The molecule has 0 aliphatic heterocycles. The van der Waals surface area contributed by atoms with Crippen LogP contribution in [-0.4, -0.2) is 50.9 Å². The Morgan fingerprint density at radius 1 is 0.950 bits per heavy atom. The summed E-state index contributed by atoms with van der Waals surface area (Å²) in [4.78, 5) is 28.1. The first-order valence-corrected chi connectivity index (χ1v) is 14.6. The second kappa shape index (κ2) is 13.9. The molecule has 8 nitrogen and oxygen atoms in total. The van der Waals surface area contributed by atoms with Crippen LogP contribution >= 0.6 is 0 Å². The lowest BCUT2D eigenvalue weighted by molar-refractivity contribution is -0.139. The van der Waals surface area contributed by atoms with Gasteiger partial charge in [-0.25, -0.2) is 12.8 Å². The van der Waals surface area contributed by atoms with Crippen molar-refractivity contribution in [1.82, 2.24) is 10.2 Å². The number of halogens is 1. The summed E-state index contributed by atoms with van der Waals surface area (Å²) in [6, 6.07) is 17.5. The number of amides is 2. The highest BCUT2D eigenvalue weighted by Crippen LogP contribution is 2.27. The van der Waals surface area contributed by atoms with Gasteiger partial charge in [-0.1, -0.05) is 36.8 Å². The van der Waals surface area contributed by atoms with Gasteiger partial charge in [-0.15, -0.1) is 0 Å². The van der Waals surface area contributed by atoms with E-state index >= 15 is 0 Å². The van der Waals surface area contributed by atoms with E-state index < -0.39 is 34.3 Å². The average Bonchev–Trinajstić information content (AvgIpc) is 2.94. The first kappa shape index (κ1) is 30.6. The molecule has 1 unspecified atom stereocenters. The standard InChI is InChI=1S/C30H36FN3O5S/c1-5-19-32-30(36)23(4)33(20-24-9-11-25(31)12-10-24)29(35)21-34(26-13-15-27(16-14-26)39-6-2)40(37,38)28-17-7-22(3)8-18-28/h7-18,23H,5-6,19-21H2,1-4H3,(H,32,36). The summed E-state index contributed by atoms with van der Waals surface area (Å²) in [5.41, 5.74) is 1.75. The molecule has 1 N–H and O–H groups in total. The van der Waals surface area contributed by atoms with E-state index in [0.717, 1.165) is 9.87 Å². The molecule has 0 bridgehead atoms. The average molecular weight is 570 g/mol. The number of hydrogen-bond acceptors (Lipinski definition) is 5. The van der Waals surface area contributed by atoms with Crippen LogP contribution in [0.1, 0.15) is 38.3 Å². The minimum absolute atomic E-state index is 0.0124. The van der Waals surface area contributed by atoms with E-state index in [1.807, 2.05) is 20.8 Å². The van der Waals surface area contributed by atoms with Crippen LogP contribution in [0.5, 0.6) is 5.75 Å². The predicted molar refractivity (Wildman–Crippen MR) is 153 cm³/mol. The van der Waals surface area contributed by atoms with Gasteiger partial charge < -0.3 is 15.0 Å². The van der Waals surface area contributed by atoms with Crippen LogP contribution in [0.3, 0.4) is 0 Å². The third-order valence-corrected chi connectivity index (χ3v) is 8.09. The number of anilines is 1. The van der Waals surface area contributed by atoms with Crippen LogP contribution in [0.15, 0.2) is 77.7 Å². The van der Waals surface area contributed by atoms with Crippen LogP contribution in [0.4, 0.5) is 10.1 Å². The lowest BCUT2D eigenvalue weighted by Crippen LogP contribution is -2.51. The molecule has 0 aromatic heterocycles. The number of aryl methyl sites for hydroxylation is 1. The monoisotopic (exact) mass is 569 g/mol. The van der Waals surface area contributed by atoms with Gasteiger partial charge in [0.15, 0.2) is 0 Å². The summed E-state index contributed by atoms with van der Waals surface area (Å²) >= 11 is 0. The Hall–Kier alpha value is -3.92. The van der Waals surface area contributed by atoms with E-state index in [1.165, 1.54) is 41.3 Å². The maximum Gasteiger partial charge on any atom is 0.264 e. The van der Waals surface area contributed by atoms with Crippen molar-refractivity contribution >= 4 is 27.5 Å². The third-order valence-electron chi connectivity index (χ3n) is 6.31. The Bertz CT molecular complexity index is 1380. The van der Waals surface area contributed by atoms with Gasteiger partial charge >= 0.3 is 0 Å². The normalized spacial score (nSPS) is 11.9. The van der Waals surface area contributed by atoms with Gasteiger partial charge in [0.2, 0.25) is 11.8 Å². The molecule has 0 spiro atoms. The lowest BCUT2D eigenvalue weighted by atomic mass is 10.1. The van der Waals surface area contributed by atoms with Crippen LogP contribution in [0, 0.1) is 12.7 Å². The number of nitrogens with one attached hydrogen (secondary N) is 1. The number of nitrogens with zero attached hydrogens (tertiary/aromatic N) is 2. The molecule has 0 radical (unpaired) electrons. The summed E-state index contributed by atoms with van der Waals surface area (Å²) in [7, 11) is -4.17. The Morgan fingerprint density at radius 2 is 1.57 bits per heavy atom. The van der Waals surface area contributed by atoms with Crippen molar-refractivity contribution in [2.24, 2.45) is 0 Å². The Kier molecular flexibility index (Phi) is 10.7. The van der Waals surface area contributed by atoms with Crippen molar-refractivity contribution in [2.75, 3.05) is 24.0 Å². The number of sulfonamides is 1. The molecule has 2 amide bonds. The fraction of sp³-hybridized carbons (Fsp3) is 0.333. The lowest BCUT2D eigenvalue weighted by Gasteiger charge is -2.32. The Labute approximate surface area is 235 Å². The molecule has 1 atom stereocenters. The van der Waals surface area contributed by atoms with Crippen molar-refractivity contribution in [3.8, 4) is 5.75 Å². The second-order valence-corrected chi connectivity index (χ2v) is 11.2. The molecule has 0 saturated heterocycles. The van der Waals surface area contributed by atoms with E-state index in [-0.39, 0.29) is 23.0 Å². The molecule has 10 heteroatoms. The van der Waals surface area contributed by atoms with Crippen molar-refractivity contribution in [3.63, 3.8) is 0 Å². The zero-order valence-electron chi connectivity index (χ0n) is 23.3. The van der Waals surface area contributed by atoms with Gasteiger partial charge in [0.05, 0.1) is 17.2 Å². The molecule has 3 aromatic carbocycles. The summed E-state index contributed by atoms with van der Waals surface area (Å²) < 4.78 is 47.8. The van der Waals surface area contributed by atoms with Crippen LogP contribution in [0.2, 0.25) is 0 Å². The topological polar surface area (TPSA) is 96.0 Å². The number of ether oxygens (including phenoxy) is 1. The van der Waals surface area contributed by atoms with Gasteiger partial charge in [0.25, 0.3) is 10.0 Å². The smallest absolute Gasteiger partial charge is 0.264 e. The molecular formula is C30H36FN3O5S. The summed E-state index contributed by atoms with van der Waals surface area (Å²) in [6.07, 6.45) is 0.713. The number of hydrogen-bond donors (Lipinski definition) is 1. The largest absolute Gasteiger partial charge is 0.494 e. The van der Waals surface area contributed by atoms with Crippen molar-refractivity contribution in [1.29, 1.82) is 0 Å². The maximum atomic E-state index is 13.9. The molecule has 0 heterocycles. The van der Waals surface area contributed by atoms with E-state index in [0.29, 0.717) is 30.9 Å². The Morgan fingerprint density at radius 3 is 2.15 bits per heavy atom. The van der Waals surface area contributed by atoms with Crippen molar-refractivity contribution in [3.05, 3.63) is 89.7 Å². The highest BCUT2D eigenvalue weighted by atomic mass is 32.2. The predicted octanol–water partition coefficient (Wildman–Crippen LogP) is 4.67. The minimum Gasteiger partial charge on any atom is -0.494 e. The van der Waals surface area contributed by atoms with Gasteiger partial charge in [0.1, 0.15) is 24.2 Å². The minimum atomic E-state index is -4.17. The summed E-state index contributed by atoms with van der Waals surface area (Å²) in [5.74, 6) is -0.829. The summed E-state index contributed by atoms with van der Waals surface area (Å²) in [6.45, 7) is 7.50. The van der Waals surface area contributed by atoms with E-state index in [4.69, 9.17) is 4.74 Å². The van der Waals surface area contributed by atoms with E-state index in [1.54, 1.807) is 43.3 Å². The zero-order chi connectivity index (χ0) is 29.3. The molecule has 3 rings (SSSR count). The fourth-order valence-corrected chi connectivity index (χ4v) is 5.42. The number of benzene rings is 3. The molecule has 0 saturated carbocycles. The Balaban J connectivity index is 2.01. The van der Waals surface area contributed by atoms with E-state index in [2.05, 4.69) is 5.32 Å². The van der Waals surface area contributed by atoms with Crippen molar-refractivity contribution < 1.29 is 27.1 Å². The quantitative estimate of drug-likeness (QED) is 0.323. The summed E-state index contributed by atoms with van der Waals surface area (Å²) in [5, 5.41) is 2.79. The van der Waals surface area contributed by atoms with Gasteiger partial charge in [-0.05, 0) is 81.3 Å². The third kappa shape index (κ3) is 7.81. The second-order valence-electron chi connectivity index (χ2n) is 9.37. The van der Waals surface area contributed by atoms with Gasteiger partial charge in [-0.3, -0.25) is 13.9 Å². The van der Waals surface area contributed by atoms with Gasteiger partial charge in [0, 0.05) is 13.1 Å². The highest BCUT2D eigenvalue weighted by molar-refractivity contribution is 7.92. The SMILES string of the molecule is CCCNC(=O)C(C)N(Cc1ccc(F)cc1)C(=O)CN(c1ccc(OCC)cc1)S(=O)(=O)c1ccc(C)cc1. The number of carbonyl (C=O) groups excluding carboxylic acids is 2. The fourth-order valence-electron chi connectivity index (χ4n) is 4.01. The zero-order valence-corrected chi connectivity index (χ0v) is 24.1. The molecule has 0 fully saturated rings. The van der Waals surface area contributed by atoms with Crippen LogP contribution < -0.4 is 14.4 Å². The molecule has 0 aliphatic carbocycles. The maximum absolute atomic E-state index is 13.9. The number of carbonyl (C=O) groups is 2. The van der Waals surface area contributed by atoms with Crippen molar-refractivity contribution in [2.45, 2.75) is 51.6 Å². The molecule has 3 aromatic rings. The van der Waals surface area contributed by atoms with Crippen LogP contribution in [0.25, 0.3) is 0 Å². The molecule has 40 heavy (non-hydrogen) atoms. The van der Waals surface area contributed by atoms with Crippen LogP contribution in [-0.2, 0) is 26.2 Å². The molecule has 0 aliphatic rings. The molecule has 214 valence electrons. The van der Waals surface area contributed by atoms with Gasteiger partial charge in [-0.2, -0.15) is 0 Å². The highest BCUT2D eigenvalue weighted by Gasteiger charge is 2.32.